The van der Waals surface area contributed by atoms with Gasteiger partial charge in [-0.3, -0.25) is 0 Å². The monoisotopic (exact) mass is 277 g/mol. The van der Waals surface area contributed by atoms with Crippen molar-refractivity contribution in [2.24, 2.45) is 0 Å². The first-order valence-corrected chi connectivity index (χ1v) is 8.06. The normalized spacial score (nSPS) is 14.2. The minimum absolute atomic E-state index is 0.334. The van der Waals surface area contributed by atoms with Crippen LogP contribution in [0, 0.1) is 0 Å². The SMILES string of the molecule is CCCNC(CCC(C)OC)c1ccc(CCC)cc1. The summed E-state index contributed by atoms with van der Waals surface area (Å²) in [4.78, 5) is 0. The third kappa shape index (κ3) is 6.06. The van der Waals surface area contributed by atoms with Crippen molar-refractivity contribution >= 4 is 0 Å². The van der Waals surface area contributed by atoms with Crippen molar-refractivity contribution in [3.8, 4) is 0 Å². The van der Waals surface area contributed by atoms with Gasteiger partial charge in [-0.25, -0.2) is 0 Å². The lowest BCUT2D eigenvalue weighted by molar-refractivity contribution is 0.106. The molecule has 0 aromatic heterocycles. The van der Waals surface area contributed by atoms with Gasteiger partial charge >= 0.3 is 0 Å². The van der Waals surface area contributed by atoms with Gasteiger partial charge in [0.1, 0.15) is 0 Å². The van der Waals surface area contributed by atoms with Crippen LogP contribution in [0.2, 0.25) is 0 Å². The maximum Gasteiger partial charge on any atom is 0.0543 e. The van der Waals surface area contributed by atoms with Gasteiger partial charge in [-0.05, 0) is 50.3 Å². The Kier molecular flexibility index (Phi) is 8.56. The zero-order valence-corrected chi connectivity index (χ0v) is 13.6. The molecule has 0 saturated carbocycles. The van der Waals surface area contributed by atoms with Gasteiger partial charge in [-0.2, -0.15) is 0 Å². The minimum Gasteiger partial charge on any atom is -0.382 e. The standard InChI is InChI=1S/C18H31NO/c1-5-7-16-9-11-17(12-10-16)18(19-14-6-2)13-8-15(3)20-4/h9-12,15,18-19H,5-8,13-14H2,1-4H3. The maximum atomic E-state index is 5.36. The van der Waals surface area contributed by atoms with Crippen LogP contribution in [-0.4, -0.2) is 19.8 Å². The van der Waals surface area contributed by atoms with Gasteiger partial charge < -0.3 is 10.1 Å². The third-order valence-electron chi connectivity index (χ3n) is 3.83. The van der Waals surface area contributed by atoms with Gasteiger partial charge in [0.05, 0.1) is 6.10 Å². The molecule has 114 valence electrons. The van der Waals surface area contributed by atoms with E-state index in [4.69, 9.17) is 4.74 Å². The largest absolute Gasteiger partial charge is 0.382 e. The average molecular weight is 277 g/mol. The third-order valence-corrected chi connectivity index (χ3v) is 3.83. The fourth-order valence-corrected chi connectivity index (χ4v) is 2.43. The molecular weight excluding hydrogens is 246 g/mol. The van der Waals surface area contributed by atoms with Crippen molar-refractivity contribution in [3.63, 3.8) is 0 Å². The minimum atomic E-state index is 0.334. The van der Waals surface area contributed by atoms with Gasteiger partial charge in [0.15, 0.2) is 0 Å². The van der Waals surface area contributed by atoms with E-state index in [1.807, 2.05) is 0 Å². The summed E-state index contributed by atoms with van der Waals surface area (Å²) >= 11 is 0. The van der Waals surface area contributed by atoms with Crippen LogP contribution in [-0.2, 0) is 11.2 Å². The zero-order valence-electron chi connectivity index (χ0n) is 13.6. The Morgan fingerprint density at radius 1 is 1.05 bits per heavy atom. The van der Waals surface area contributed by atoms with E-state index in [2.05, 4.69) is 50.4 Å². The molecule has 0 radical (unpaired) electrons. The first kappa shape index (κ1) is 17.2. The predicted octanol–water partition coefficient (Wildman–Crippen LogP) is 4.49. The molecule has 0 saturated heterocycles. The molecule has 1 rings (SSSR count). The summed E-state index contributed by atoms with van der Waals surface area (Å²) in [5.41, 5.74) is 2.84. The molecule has 0 heterocycles. The number of benzene rings is 1. The van der Waals surface area contributed by atoms with Crippen molar-refractivity contribution in [2.75, 3.05) is 13.7 Å². The Morgan fingerprint density at radius 2 is 1.75 bits per heavy atom. The van der Waals surface area contributed by atoms with Gasteiger partial charge in [-0.1, -0.05) is 44.5 Å². The lowest BCUT2D eigenvalue weighted by atomic mass is 9.98. The predicted molar refractivity (Wildman–Crippen MR) is 87.2 cm³/mol. The Hall–Kier alpha value is -0.860. The molecule has 2 unspecified atom stereocenters. The second-order valence-electron chi connectivity index (χ2n) is 5.62. The van der Waals surface area contributed by atoms with Crippen LogP contribution in [0.25, 0.3) is 0 Å². The van der Waals surface area contributed by atoms with Crippen LogP contribution < -0.4 is 5.32 Å². The molecule has 0 bridgehead atoms. The van der Waals surface area contributed by atoms with Gasteiger partial charge in [0.25, 0.3) is 0 Å². The molecule has 0 amide bonds. The molecule has 1 aromatic rings. The first-order chi connectivity index (χ1) is 9.71. The van der Waals surface area contributed by atoms with E-state index in [9.17, 15) is 0 Å². The highest BCUT2D eigenvalue weighted by molar-refractivity contribution is 5.25. The molecule has 2 nitrogen and oxygen atoms in total. The second kappa shape index (κ2) is 9.95. The Morgan fingerprint density at radius 3 is 2.30 bits per heavy atom. The molecule has 0 aliphatic rings. The van der Waals surface area contributed by atoms with Crippen LogP contribution in [0.1, 0.15) is 63.6 Å². The molecule has 0 fully saturated rings. The summed E-state index contributed by atoms with van der Waals surface area (Å²) in [5.74, 6) is 0. The fraction of sp³-hybridized carbons (Fsp3) is 0.667. The number of nitrogens with one attached hydrogen (secondary N) is 1. The van der Waals surface area contributed by atoms with E-state index in [1.165, 1.54) is 30.4 Å². The number of rotatable bonds is 10. The summed E-state index contributed by atoms with van der Waals surface area (Å²) in [5, 5.41) is 3.66. The summed E-state index contributed by atoms with van der Waals surface area (Å²) in [7, 11) is 1.79. The molecule has 20 heavy (non-hydrogen) atoms. The highest BCUT2D eigenvalue weighted by Crippen LogP contribution is 2.21. The summed E-state index contributed by atoms with van der Waals surface area (Å²) in [6.07, 6.45) is 6.11. The number of methoxy groups -OCH3 is 1. The summed E-state index contributed by atoms with van der Waals surface area (Å²) in [6.45, 7) is 7.65. The van der Waals surface area contributed by atoms with Crippen LogP contribution in [0.4, 0.5) is 0 Å². The summed E-state index contributed by atoms with van der Waals surface area (Å²) in [6, 6.07) is 9.58. The highest BCUT2D eigenvalue weighted by atomic mass is 16.5. The molecule has 1 N–H and O–H groups in total. The van der Waals surface area contributed by atoms with Crippen LogP contribution >= 0.6 is 0 Å². The van der Waals surface area contributed by atoms with Crippen LogP contribution in [0.5, 0.6) is 0 Å². The molecule has 0 aliphatic carbocycles. The lowest BCUT2D eigenvalue weighted by Crippen LogP contribution is -2.23. The Balaban J connectivity index is 2.65. The van der Waals surface area contributed by atoms with Crippen molar-refractivity contribution in [1.82, 2.24) is 5.32 Å². The van der Waals surface area contributed by atoms with Gasteiger partial charge in [-0.15, -0.1) is 0 Å². The van der Waals surface area contributed by atoms with E-state index in [1.54, 1.807) is 7.11 Å². The molecule has 1 aromatic carbocycles. The van der Waals surface area contributed by atoms with Crippen molar-refractivity contribution < 1.29 is 4.74 Å². The van der Waals surface area contributed by atoms with Gasteiger partial charge in [0.2, 0.25) is 0 Å². The zero-order chi connectivity index (χ0) is 14.8. The molecular formula is C18H31NO. The fourth-order valence-electron chi connectivity index (χ4n) is 2.43. The highest BCUT2D eigenvalue weighted by Gasteiger charge is 2.12. The van der Waals surface area contributed by atoms with E-state index in [0.29, 0.717) is 12.1 Å². The number of aryl methyl sites for hydroxylation is 1. The smallest absolute Gasteiger partial charge is 0.0543 e. The van der Waals surface area contributed by atoms with E-state index in [0.717, 1.165) is 19.4 Å². The van der Waals surface area contributed by atoms with Crippen LogP contribution in [0.3, 0.4) is 0 Å². The van der Waals surface area contributed by atoms with Crippen molar-refractivity contribution in [2.45, 2.75) is 65.0 Å². The Labute approximate surface area is 124 Å². The second-order valence-corrected chi connectivity index (χ2v) is 5.62. The van der Waals surface area contributed by atoms with Crippen molar-refractivity contribution in [1.29, 1.82) is 0 Å². The van der Waals surface area contributed by atoms with E-state index < -0.39 is 0 Å². The molecule has 2 heteroatoms. The topological polar surface area (TPSA) is 21.3 Å². The van der Waals surface area contributed by atoms with Gasteiger partial charge in [0, 0.05) is 13.2 Å². The average Bonchev–Trinajstić information content (AvgIpc) is 2.48. The quantitative estimate of drug-likeness (QED) is 0.680. The van der Waals surface area contributed by atoms with Crippen molar-refractivity contribution in [3.05, 3.63) is 35.4 Å². The first-order valence-electron chi connectivity index (χ1n) is 8.06. The molecule has 2 atom stereocenters. The van der Waals surface area contributed by atoms with Crippen LogP contribution in [0.15, 0.2) is 24.3 Å². The lowest BCUT2D eigenvalue weighted by Gasteiger charge is -2.21. The van der Waals surface area contributed by atoms with E-state index in [-0.39, 0.29) is 0 Å². The van der Waals surface area contributed by atoms with E-state index >= 15 is 0 Å². The molecule has 0 spiro atoms. The molecule has 0 aliphatic heterocycles. The summed E-state index contributed by atoms with van der Waals surface area (Å²) < 4.78 is 5.36. The Bertz CT molecular complexity index is 347. The number of hydrogen-bond donors (Lipinski definition) is 1. The maximum absolute atomic E-state index is 5.36. The number of ether oxygens (including phenoxy) is 1. The number of hydrogen-bond acceptors (Lipinski definition) is 2.